The van der Waals surface area contributed by atoms with Crippen LogP contribution in [-0.4, -0.2) is 19.1 Å². The summed E-state index contributed by atoms with van der Waals surface area (Å²) in [4.78, 5) is 8.75. The van der Waals surface area contributed by atoms with E-state index < -0.39 is 0 Å². The van der Waals surface area contributed by atoms with Gasteiger partial charge in [0, 0.05) is 33.9 Å². The van der Waals surface area contributed by atoms with E-state index in [1.807, 2.05) is 36.9 Å². The first-order chi connectivity index (χ1) is 25.8. The Morgan fingerprint density at radius 1 is 0.346 bits per heavy atom. The van der Waals surface area contributed by atoms with E-state index in [4.69, 9.17) is 0 Å². The van der Waals surface area contributed by atoms with Crippen LogP contribution in [0.4, 0.5) is 0 Å². The van der Waals surface area contributed by atoms with Gasteiger partial charge in [0.1, 0.15) is 0 Å². The van der Waals surface area contributed by atoms with Crippen molar-refractivity contribution in [2.45, 2.75) is 0 Å². The highest BCUT2D eigenvalue weighted by Crippen LogP contribution is 2.36. The lowest BCUT2D eigenvalue weighted by Gasteiger charge is -2.08. The third-order valence-corrected chi connectivity index (χ3v) is 10.1. The highest BCUT2D eigenvalue weighted by molar-refractivity contribution is 6.11. The number of fused-ring (bicyclic) bond motifs is 6. The lowest BCUT2D eigenvalue weighted by molar-refractivity contribution is 1.14. The SMILES string of the molecule is C(=C\c1ccc(-c2ccc3c(c2)c2ccccc2n3-c2cccnc2)cc1)/c1ccc(-c2ccc3c(c2)c2ccccc2n3-c2cccnc2)cc1. The molecule has 4 nitrogen and oxygen atoms in total. The van der Waals surface area contributed by atoms with Crippen LogP contribution in [0.5, 0.6) is 0 Å². The van der Waals surface area contributed by atoms with Crippen LogP contribution in [0.25, 0.3) is 89.4 Å². The van der Waals surface area contributed by atoms with Crippen LogP contribution in [-0.2, 0) is 0 Å². The molecule has 0 atom stereocenters. The number of para-hydroxylation sites is 2. The van der Waals surface area contributed by atoms with Gasteiger partial charge in [0.2, 0.25) is 0 Å². The molecule has 10 aromatic rings. The second kappa shape index (κ2) is 12.4. The van der Waals surface area contributed by atoms with Crippen LogP contribution in [0.3, 0.4) is 0 Å². The molecular weight excluding hydrogens is 633 g/mol. The van der Waals surface area contributed by atoms with Crippen LogP contribution >= 0.6 is 0 Å². The average Bonchev–Trinajstić information content (AvgIpc) is 3.73. The summed E-state index contributed by atoms with van der Waals surface area (Å²) >= 11 is 0. The van der Waals surface area contributed by atoms with Gasteiger partial charge in [-0.3, -0.25) is 9.97 Å². The molecule has 0 saturated heterocycles. The van der Waals surface area contributed by atoms with E-state index >= 15 is 0 Å². The molecule has 0 bridgehead atoms. The molecular formula is C48H32N4. The minimum absolute atomic E-state index is 1.07. The average molecular weight is 665 g/mol. The van der Waals surface area contributed by atoms with E-state index in [9.17, 15) is 0 Å². The van der Waals surface area contributed by atoms with Crippen LogP contribution in [0.1, 0.15) is 11.1 Å². The van der Waals surface area contributed by atoms with Gasteiger partial charge in [0.05, 0.1) is 45.8 Å². The van der Waals surface area contributed by atoms with E-state index in [0.717, 1.165) is 22.5 Å². The van der Waals surface area contributed by atoms with Crippen molar-refractivity contribution in [1.29, 1.82) is 0 Å². The zero-order valence-electron chi connectivity index (χ0n) is 28.3. The van der Waals surface area contributed by atoms with Crippen molar-refractivity contribution in [3.05, 3.63) is 194 Å². The summed E-state index contributed by atoms with van der Waals surface area (Å²) < 4.78 is 4.59. The van der Waals surface area contributed by atoms with Gasteiger partial charge < -0.3 is 9.13 Å². The molecule has 0 spiro atoms. The van der Waals surface area contributed by atoms with Gasteiger partial charge in [-0.05, 0) is 94.0 Å². The molecule has 4 aromatic heterocycles. The molecule has 10 rings (SSSR count). The van der Waals surface area contributed by atoms with Crippen LogP contribution in [0, 0.1) is 0 Å². The maximum atomic E-state index is 4.38. The maximum absolute atomic E-state index is 4.38. The first-order valence-corrected chi connectivity index (χ1v) is 17.5. The Balaban J connectivity index is 0.906. The quantitative estimate of drug-likeness (QED) is 0.166. The summed E-state index contributed by atoms with van der Waals surface area (Å²) in [6.45, 7) is 0. The largest absolute Gasteiger partial charge is 0.308 e. The van der Waals surface area contributed by atoms with Crippen molar-refractivity contribution in [3.8, 4) is 33.6 Å². The van der Waals surface area contributed by atoms with Crippen molar-refractivity contribution >= 4 is 55.8 Å². The summed E-state index contributed by atoms with van der Waals surface area (Å²) in [5.74, 6) is 0. The third kappa shape index (κ3) is 5.09. The van der Waals surface area contributed by atoms with Crippen molar-refractivity contribution in [2.24, 2.45) is 0 Å². The molecule has 0 unspecified atom stereocenters. The summed E-state index contributed by atoms with van der Waals surface area (Å²) in [7, 11) is 0. The summed E-state index contributed by atoms with van der Waals surface area (Å²) in [5, 5.41) is 4.95. The lowest BCUT2D eigenvalue weighted by Crippen LogP contribution is -1.93. The molecule has 0 radical (unpaired) electrons. The molecule has 4 heterocycles. The molecule has 0 aliphatic carbocycles. The molecule has 0 aliphatic rings. The Kier molecular flexibility index (Phi) is 7.10. The molecule has 52 heavy (non-hydrogen) atoms. The second-order valence-corrected chi connectivity index (χ2v) is 13.2. The number of hydrogen-bond acceptors (Lipinski definition) is 2. The normalized spacial score (nSPS) is 11.8. The Hall–Kier alpha value is -7.04. The predicted octanol–water partition coefficient (Wildman–Crippen LogP) is 12.2. The van der Waals surface area contributed by atoms with Gasteiger partial charge in [0.25, 0.3) is 0 Å². The van der Waals surface area contributed by atoms with Gasteiger partial charge in [-0.1, -0.05) is 109 Å². The number of pyridine rings is 2. The van der Waals surface area contributed by atoms with Gasteiger partial charge in [-0.15, -0.1) is 0 Å². The van der Waals surface area contributed by atoms with E-state index in [-0.39, 0.29) is 0 Å². The monoisotopic (exact) mass is 664 g/mol. The molecule has 6 aromatic carbocycles. The van der Waals surface area contributed by atoms with Gasteiger partial charge in [-0.25, -0.2) is 0 Å². The number of aromatic nitrogens is 4. The fraction of sp³-hybridized carbons (Fsp3) is 0. The third-order valence-electron chi connectivity index (χ3n) is 10.1. The molecule has 0 saturated carbocycles. The minimum atomic E-state index is 1.07. The minimum Gasteiger partial charge on any atom is -0.308 e. The van der Waals surface area contributed by atoms with Crippen molar-refractivity contribution in [3.63, 3.8) is 0 Å². The van der Waals surface area contributed by atoms with Gasteiger partial charge >= 0.3 is 0 Å². The summed E-state index contributed by atoms with van der Waals surface area (Å²) in [5.41, 5.74) is 14.0. The van der Waals surface area contributed by atoms with E-state index in [0.29, 0.717) is 0 Å². The van der Waals surface area contributed by atoms with Gasteiger partial charge in [0.15, 0.2) is 0 Å². The Morgan fingerprint density at radius 2 is 0.750 bits per heavy atom. The molecule has 0 fully saturated rings. The maximum Gasteiger partial charge on any atom is 0.0645 e. The Labute approximate surface area is 301 Å². The van der Waals surface area contributed by atoms with Crippen LogP contribution in [0.15, 0.2) is 183 Å². The number of benzene rings is 6. The topological polar surface area (TPSA) is 35.6 Å². The Morgan fingerprint density at radius 3 is 1.17 bits per heavy atom. The first kappa shape index (κ1) is 29.8. The smallest absolute Gasteiger partial charge is 0.0645 e. The van der Waals surface area contributed by atoms with E-state index in [2.05, 4.69) is 177 Å². The van der Waals surface area contributed by atoms with Crippen molar-refractivity contribution in [2.75, 3.05) is 0 Å². The predicted molar refractivity (Wildman–Crippen MR) is 217 cm³/mol. The number of nitrogens with zero attached hydrogens (tertiary/aromatic N) is 4. The summed E-state index contributed by atoms with van der Waals surface area (Å²) in [6, 6.07) is 56.5. The first-order valence-electron chi connectivity index (χ1n) is 17.5. The van der Waals surface area contributed by atoms with Crippen LogP contribution < -0.4 is 0 Å². The number of hydrogen-bond donors (Lipinski definition) is 0. The summed E-state index contributed by atoms with van der Waals surface area (Å²) in [6.07, 6.45) is 11.8. The zero-order chi connectivity index (χ0) is 34.4. The molecule has 0 aliphatic heterocycles. The van der Waals surface area contributed by atoms with Crippen LogP contribution in [0.2, 0.25) is 0 Å². The van der Waals surface area contributed by atoms with Crippen molar-refractivity contribution < 1.29 is 0 Å². The standard InChI is InChI=1S/C48H32N4/c1-3-11-45-41(9-1)43-29-37(23-25-47(43)51(45)39-7-5-27-49-31-39)35-19-15-33(16-20-35)13-14-34-17-21-36(22-18-34)38-24-26-48-44(30-38)42-10-2-4-12-46(42)52(48)40-8-6-28-50-32-40/h1-32H/b14-13+. The molecule has 244 valence electrons. The molecule has 4 heteroatoms. The van der Waals surface area contributed by atoms with E-state index in [1.54, 1.807) is 0 Å². The second-order valence-electron chi connectivity index (χ2n) is 13.2. The zero-order valence-corrected chi connectivity index (χ0v) is 28.3. The highest BCUT2D eigenvalue weighted by Gasteiger charge is 2.14. The lowest BCUT2D eigenvalue weighted by atomic mass is 10.0. The number of rotatable bonds is 6. The highest BCUT2D eigenvalue weighted by atomic mass is 15.0. The molecule has 0 amide bonds. The fourth-order valence-electron chi connectivity index (χ4n) is 7.60. The van der Waals surface area contributed by atoms with Crippen molar-refractivity contribution in [1.82, 2.24) is 19.1 Å². The van der Waals surface area contributed by atoms with E-state index in [1.165, 1.54) is 65.9 Å². The Bertz CT molecular complexity index is 2710. The fourth-order valence-corrected chi connectivity index (χ4v) is 7.60. The molecule has 0 N–H and O–H groups in total. The van der Waals surface area contributed by atoms with Gasteiger partial charge in [-0.2, -0.15) is 0 Å².